The number of nitrogens with one attached hydrogen (secondary N) is 1. The Labute approximate surface area is 136 Å². The van der Waals surface area contributed by atoms with Crippen LogP contribution in [0.2, 0.25) is 0 Å². The summed E-state index contributed by atoms with van der Waals surface area (Å²) in [5.41, 5.74) is 3.96. The highest BCUT2D eigenvalue weighted by Crippen LogP contribution is 2.23. The van der Waals surface area contributed by atoms with Crippen molar-refractivity contribution in [3.8, 4) is 11.1 Å². The van der Waals surface area contributed by atoms with Crippen molar-refractivity contribution >= 4 is 0 Å². The Morgan fingerprint density at radius 3 is 2.39 bits per heavy atom. The average Bonchev–Trinajstić information content (AvgIpc) is 2.61. The smallest absolute Gasteiger partial charge is 0.131 e. The normalized spacial score (nSPS) is 12.1. The second-order valence-electron chi connectivity index (χ2n) is 5.69. The zero-order chi connectivity index (χ0) is 16.1. The zero-order valence-corrected chi connectivity index (χ0v) is 13.2. The van der Waals surface area contributed by atoms with E-state index < -0.39 is 0 Å². The Hall–Kier alpha value is -2.45. The van der Waals surface area contributed by atoms with Crippen molar-refractivity contribution in [2.45, 2.75) is 19.5 Å². The Balaban J connectivity index is 1.72. The quantitative estimate of drug-likeness (QED) is 0.670. The van der Waals surface area contributed by atoms with Gasteiger partial charge in [0.25, 0.3) is 0 Å². The topological polar surface area (TPSA) is 12.0 Å². The SMILES string of the molecule is CC(NCc1cccc(-c2ccccc2F)c1)c1ccccc1. The number of hydrogen-bond acceptors (Lipinski definition) is 1. The monoisotopic (exact) mass is 305 g/mol. The minimum atomic E-state index is -0.185. The lowest BCUT2D eigenvalue weighted by Crippen LogP contribution is -2.17. The van der Waals surface area contributed by atoms with Crippen molar-refractivity contribution < 1.29 is 4.39 Å². The van der Waals surface area contributed by atoms with E-state index in [2.05, 4.69) is 30.4 Å². The van der Waals surface area contributed by atoms with E-state index in [4.69, 9.17) is 0 Å². The predicted molar refractivity (Wildman–Crippen MR) is 93.5 cm³/mol. The first-order valence-corrected chi connectivity index (χ1v) is 7.86. The lowest BCUT2D eigenvalue weighted by Gasteiger charge is -2.15. The highest BCUT2D eigenvalue weighted by atomic mass is 19.1. The van der Waals surface area contributed by atoms with Crippen LogP contribution in [0.1, 0.15) is 24.1 Å². The van der Waals surface area contributed by atoms with Gasteiger partial charge in [0.15, 0.2) is 0 Å². The molecule has 1 N–H and O–H groups in total. The summed E-state index contributed by atoms with van der Waals surface area (Å²) in [4.78, 5) is 0. The van der Waals surface area contributed by atoms with Crippen molar-refractivity contribution in [3.05, 3.63) is 95.8 Å². The largest absolute Gasteiger partial charge is 0.306 e. The predicted octanol–water partition coefficient (Wildman–Crippen LogP) is 5.34. The van der Waals surface area contributed by atoms with Crippen molar-refractivity contribution in [1.82, 2.24) is 5.32 Å². The van der Waals surface area contributed by atoms with Crippen LogP contribution < -0.4 is 5.32 Å². The molecule has 0 radical (unpaired) electrons. The van der Waals surface area contributed by atoms with Crippen LogP contribution in [-0.2, 0) is 6.54 Å². The molecule has 3 aromatic rings. The van der Waals surface area contributed by atoms with Gasteiger partial charge in [-0.25, -0.2) is 4.39 Å². The van der Waals surface area contributed by atoms with Crippen molar-refractivity contribution in [2.24, 2.45) is 0 Å². The minimum absolute atomic E-state index is 0.185. The highest BCUT2D eigenvalue weighted by molar-refractivity contribution is 5.64. The molecular formula is C21H20FN. The second-order valence-corrected chi connectivity index (χ2v) is 5.69. The molecule has 0 aromatic heterocycles. The Bertz CT molecular complexity index is 768. The standard InChI is InChI=1S/C21H20FN/c1-16(18-9-3-2-4-10-18)23-15-17-8-7-11-19(14-17)20-12-5-6-13-21(20)22/h2-14,16,23H,15H2,1H3. The first-order chi connectivity index (χ1) is 11.2. The minimum Gasteiger partial charge on any atom is -0.306 e. The van der Waals surface area contributed by atoms with Crippen LogP contribution in [-0.4, -0.2) is 0 Å². The van der Waals surface area contributed by atoms with Crippen LogP contribution in [0.4, 0.5) is 4.39 Å². The molecule has 0 amide bonds. The molecular weight excluding hydrogens is 285 g/mol. The summed E-state index contributed by atoms with van der Waals surface area (Å²) in [6.07, 6.45) is 0. The maximum Gasteiger partial charge on any atom is 0.131 e. The molecule has 0 bridgehead atoms. The molecule has 23 heavy (non-hydrogen) atoms. The van der Waals surface area contributed by atoms with E-state index in [1.165, 1.54) is 11.6 Å². The van der Waals surface area contributed by atoms with Gasteiger partial charge in [0.05, 0.1) is 0 Å². The van der Waals surface area contributed by atoms with Gasteiger partial charge in [0.2, 0.25) is 0 Å². The number of benzene rings is 3. The van der Waals surface area contributed by atoms with Gasteiger partial charge in [0.1, 0.15) is 5.82 Å². The molecule has 0 spiro atoms. The molecule has 1 nitrogen and oxygen atoms in total. The summed E-state index contributed by atoms with van der Waals surface area (Å²) in [6.45, 7) is 2.90. The molecule has 116 valence electrons. The van der Waals surface area contributed by atoms with Crippen LogP contribution >= 0.6 is 0 Å². The second kappa shape index (κ2) is 7.21. The maximum absolute atomic E-state index is 13.9. The Kier molecular flexibility index (Phi) is 4.84. The van der Waals surface area contributed by atoms with Crippen molar-refractivity contribution in [3.63, 3.8) is 0 Å². The molecule has 2 heteroatoms. The van der Waals surface area contributed by atoms with E-state index in [-0.39, 0.29) is 11.9 Å². The van der Waals surface area contributed by atoms with Gasteiger partial charge in [-0.3, -0.25) is 0 Å². The third-order valence-electron chi connectivity index (χ3n) is 4.02. The Morgan fingerprint density at radius 2 is 1.61 bits per heavy atom. The van der Waals surface area contributed by atoms with Gasteiger partial charge in [-0.2, -0.15) is 0 Å². The first-order valence-electron chi connectivity index (χ1n) is 7.86. The van der Waals surface area contributed by atoms with Gasteiger partial charge < -0.3 is 5.32 Å². The van der Waals surface area contributed by atoms with E-state index in [1.807, 2.05) is 48.5 Å². The van der Waals surface area contributed by atoms with Gasteiger partial charge in [0, 0.05) is 18.2 Å². The highest BCUT2D eigenvalue weighted by Gasteiger charge is 2.06. The van der Waals surface area contributed by atoms with E-state index in [0.717, 1.165) is 17.7 Å². The van der Waals surface area contributed by atoms with Crippen molar-refractivity contribution in [2.75, 3.05) is 0 Å². The van der Waals surface area contributed by atoms with Gasteiger partial charge in [-0.15, -0.1) is 0 Å². The van der Waals surface area contributed by atoms with Gasteiger partial charge in [-0.05, 0) is 35.7 Å². The molecule has 0 saturated heterocycles. The van der Waals surface area contributed by atoms with Crippen LogP contribution in [0.15, 0.2) is 78.9 Å². The van der Waals surface area contributed by atoms with E-state index in [9.17, 15) is 4.39 Å². The molecule has 0 aliphatic heterocycles. The molecule has 0 aliphatic rings. The molecule has 0 fully saturated rings. The molecule has 0 heterocycles. The number of hydrogen-bond donors (Lipinski definition) is 1. The van der Waals surface area contributed by atoms with Crippen LogP contribution in [0.25, 0.3) is 11.1 Å². The number of halogens is 1. The lowest BCUT2D eigenvalue weighted by atomic mass is 10.0. The fourth-order valence-corrected chi connectivity index (χ4v) is 2.67. The molecule has 1 atom stereocenters. The van der Waals surface area contributed by atoms with Crippen LogP contribution in [0.3, 0.4) is 0 Å². The molecule has 0 saturated carbocycles. The third kappa shape index (κ3) is 3.85. The first kappa shape index (κ1) is 15.4. The molecule has 1 unspecified atom stereocenters. The van der Waals surface area contributed by atoms with Crippen LogP contribution in [0, 0.1) is 5.82 Å². The fraction of sp³-hybridized carbons (Fsp3) is 0.143. The number of rotatable bonds is 5. The van der Waals surface area contributed by atoms with Gasteiger partial charge in [-0.1, -0.05) is 66.7 Å². The summed E-state index contributed by atoms with van der Waals surface area (Å²) < 4.78 is 13.9. The molecule has 0 aliphatic carbocycles. The van der Waals surface area contributed by atoms with E-state index in [1.54, 1.807) is 6.07 Å². The summed E-state index contributed by atoms with van der Waals surface area (Å²) in [6, 6.07) is 25.5. The average molecular weight is 305 g/mol. The summed E-state index contributed by atoms with van der Waals surface area (Å²) in [7, 11) is 0. The summed E-state index contributed by atoms with van der Waals surface area (Å²) in [5, 5.41) is 3.51. The zero-order valence-electron chi connectivity index (χ0n) is 13.2. The maximum atomic E-state index is 13.9. The van der Waals surface area contributed by atoms with Crippen LogP contribution in [0.5, 0.6) is 0 Å². The summed E-state index contributed by atoms with van der Waals surface area (Å²) in [5.74, 6) is -0.185. The lowest BCUT2D eigenvalue weighted by molar-refractivity contribution is 0.575. The fourth-order valence-electron chi connectivity index (χ4n) is 2.67. The molecule has 3 rings (SSSR count). The molecule has 3 aromatic carbocycles. The summed E-state index contributed by atoms with van der Waals surface area (Å²) >= 11 is 0. The third-order valence-corrected chi connectivity index (χ3v) is 4.02. The van der Waals surface area contributed by atoms with E-state index in [0.29, 0.717) is 5.56 Å². The van der Waals surface area contributed by atoms with Gasteiger partial charge >= 0.3 is 0 Å². The van der Waals surface area contributed by atoms with Crippen molar-refractivity contribution in [1.29, 1.82) is 0 Å². The van der Waals surface area contributed by atoms with E-state index >= 15 is 0 Å². The Morgan fingerprint density at radius 1 is 0.870 bits per heavy atom.